The van der Waals surface area contributed by atoms with E-state index < -0.39 is 0 Å². The lowest BCUT2D eigenvalue weighted by Gasteiger charge is -2.20. The van der Waals surface area contributed by atoms with Crippen LogP contribution in [-0.4, -0.2) is 12.6 Å². The summed E-state index contributed by atoms with van der Waals surface area (Å²) in [5.41, 5.74) is 1.08. The lowest BCUT2D eigenvalue weighted by atomic mass is 9.97. The Morgan fingerprint density at radius 2 is 2.06 bits per heavy atom. The first-order chi connectivity index (χ1) is 7.61. The predicted octanol–water partition coefficient (Wildman–Crippen LogP) is 3.39. The van der Waals surface area contributed by atoms with Crippen molar-refractivity contribution in [2.24, 2.45) is 5.92 Å². The van der Waals surface area contributed by atoms with E-state index in [4.69, 9.17) is 0 Å². The van der Waals surface area contributed by atoms with Crippen molar-refractivity contribution in [3.63, 3.8) is 0 Å². The van der Waals surface area contributed by atoms with E-state index in [1.807, 2.05) is 6.07 Å². The molecule has 0 amide bonds. The molecule has 0 aliphatic heterocycles. The molecule has 1 unspecified atom stereocenters. The molecule has 2 heteroatoms. The van der Waals surface area contributed by atoms with E-state index >= 15 is 0 Å². The van der Waals surface area contributed by atoms with E-state index in [0.717, 1.165) is 24.9 Å². The fourth-order valence-electron chi connectivity index (χ4n) is 2.05. The van der Waals surface area contributed by atoms with Crippen LogP contribution in [0.3, 0.4) is 0 Å². The van der Waals surface area contributed by atoms with Crippen LogP contribution >= 0.6 is 0 Å². The molecule has 1 atom stereocenters. The molecule has 1 N–H and O–H groups in total. The SMILES string of the molecule is CCNC(Cc1cccc(F)c1)CC(C)C. The Balaban J connectivity index is 2.60. The van der Waals surface area contributed by atoms with Crippen LogP contribution in [0.15, 0.2) is 24.3 Å². The van der Waals surface area contributed by atoms with Crippen molar-refractivity contribution in [2.75, 3.05) is 6.54 Å². The van der Waals surface area contributed by atoms with Gasteiger partial charge in [0.15, 0.2) is 0 Å². The topological polar surface area (TPSA) is 12.0 Å². The smallest absolute Gasteiger partial charge is 0.123 e. The summed E-state index contributed by atoms with van der Waals surface area (Å²) in [5.74, 6) is 0.523. The van der Waals surface area contributed by atoms with E-state index in [1.165, 1.54) is 6.07 Å². The fourth-order valence-corrected chi connectivity index (χ4v) is 2.05. The zero-order valence-electron chi connectivity index (χ0n) is 10.5. The van der Waals surface area contributed by atoms with Gasteiger partial charge in [0.1, 0.15) is 5.82 Å². The molecule has 1 nitrogen and oxygen atoms in total. The molecule has 0 aliphatic carbocycles. The van der Waals surface area contributed by atoms with E-state index in [-0.39, 0.29) is 5.82 Å². The highest BCUT2D eigenvalue weighted by atomic mass is 19.1. The molecule has 0 saturated heterocycles. The number of likely N-dealkylation sites (N-methyl/N-ethyl adjacent to an activating group) is 1. The molecule has 1 aromatic rings. The van der Waals surface area contributed by atoms with Gasteiger partial charge in [-0.1, -0.05) is 32.9 Å². The zero-order valence-corrected chi connectivity index (χ0v) is 10.5. The quantitative estimate of drug-likeness (QED) is 0.779. The Labute approximate surface area is 98.1 Å². The van der Waals surface area contributed by atoms with Crippen molar-refractivity contribution in [3.05, 3.63) is 35.6 Å². The van der Waals surface area contributed by atoms with Crippen molar-refractivity contribution in [3.8, 4) is 0 Å². The van der Waals surface area contributed by atoms with Gasteiger partial charge in [-0.05, 0) is 43.0 Å². The van der Waals surface area contributed by atoms with Gasteiger partial charge in [0.05, 0.1) is 0 Å². The standard InChI is InChI=1S/C14H22FN/c1-4-16-14(8-11(2)3)10-12-6-5-7-13(15)9-12/h5-7,9,11,14,16H,4,8,10H2,1-3H3. The molecule has 0 radical (unpaired) electrons. The summed E-state index contributed by atoms with van der Waals surface area (Å²) in [7, 11) is 0. The predicted molar refractivity (Wildman–Crippen MR) is 67.0 cm³/mol. The zero-order chi connectivity index (χ0) is 12.0. The molecule has 0 aromatic heterocycles. The summed E-state index contributed by atoms with van der Waals surface area (Å²) in [6, 6.07) is 7.35. The summed E-state index contributed by atoms with van der Waals surface area (Å²) >= 11 is 0. The van der Waals surface area contributed by atoms with Crippen molar-refractivity contribution < 1.29 is 4.39 Å². The monoisotopic (exact) mass is 223 g/mol. The normalized spacial score (nSPS) is 13.1. The van der Waals surface area contributed by atoms with Gasteiger partial charge < -0.3 is 5.32 Å². The summed E-state index contributed by atoms with van der Waals surface area (Å²) in [5, 5.41) is 3.46. The van der Waals surface area contributed by atoms with Crippen LogP contribution in [-0.2, 0) is 6.42 Å². The molecular formula is C14H22FN. The number of nitrogens with one attached hydrogen (secondary N) is 1. The van der Waals surface area contributed by atoms with E-state index in [1.54, 1.807) is 12.1 Å². The highest BCUT2D eigenvalue weighted by molar-refractivity contribution is 5.17. The van der Waals surface area contributed by atoms with Gasteiger partial charge in [-0.3, -0.25) is 0 Å². The Kier molecular flexibility index (Phi) is 5.47. The second kappa shape index (κ2) is 6.64. The average molecular weight is 223 g/mol. The van der Waals surface area contributed by atoms with Crippen molar-refractivity contribution in [1.82, 2.24) is 5.32 Å². The fraction of sp³-hybridized carbons (Fsp3) is 0.571. The van der Waals surface area contributed by atoms with Crippen molar-refractivity contribution in [1.29, 1.82) is 0 Å². The molecular weight excluding hydrogens is 201 g/mol. The molecule has 1 aromatic carbocycles. The van der Waals surface area contributed by atoms with E-state index in [2.05, 4.69) is 26.1 Å². The third-order valence-corrected chi connectivity index (χ3v) is 2.62. The Morgan fingerprint density at radius 1 is 1.31 bits per heavy atom. The Hall–Kier alpha value is -0.890. The van der Waals surface area contributed by atoms with Gasteiger partial charge in [0, 0.05) is 6.04 Å². The van der Waals surface area contributed by atoms with Crippen LogP contribution in [0, 0.1) is 11.7 Å². The number of hydrogen-bond donors (Lipinski definition) is 1. The summed E-state index contributed by atoms with van der Waals surface area (Å²) in [6.07, 6.45) is 2.04. The lowest BCUT2D eigenvalue weighted by Crippen LogP contribution is -2.32. The minimum atomic E-state index is -0.141. The van der Waals surface area contributed by atoms with Crippen LogP contribution in [0.4, 0.5) is 4.39 Å². The maximum Gasteiger partial charge on any atom is 0.123 e. The van der Waals surface area contributed by atoms with Crippen molar-refractivity contribution >= 4 is 0 Å². The van der Waals surface area contributed by atoms with Gasteiger partial charge in [-0.25, -0.2) is 4.39 Å². The first-order valence-electron chi connectivity index (χ1n) is 6.09. The Morgan fingerprint density at radius 3 is 2.62 bits per heavy atom. The number of hydrogen-bond acceptors (Lipinski definition) is 1. The highest BCUT2D eigenvalue weighted by Gasteiger charge is 2.10. The van der Waals surface area contributed by atoms with Crippen LogP contribution < -0.4 is 5.32 Å². The van der Waals surface area contributed by atoms with Crippen LogP contribution in [0.2, 0.25) is 0 Å². The van der Waals surface area contributed by atoms with Crippen LogP contribution in [0.25, 0.3) is 0 Å². The van der Waals surface area contributed by atoms with Gasteiger partial charge in [-0.15, -0.1) is 0 Å². The van der Waals surface area contributed by atoms with Crippen molar-refractivity contribution in [2.45, 2.75) is 39.7 Å². The molecule has 0 bridgehead atoms. The highest BCUT2D eigenvalue weighted by Crippen LogP contribution is 2.12. The number of rotatable bonds is 6. The molecule has 0 aliphatic rings. The first-order valence-corrected chi connectivity index (χ1v) is 6.09. The molecule has 0 fully saturated rings. The summed E-state index contributed by atoms with van der Waals surface area (Å²) < 4.78 is 13.0. The molecule has 90 valence electrons. The third kappa shape index (κ3) is 4.75. The Bertz CT molecular complexity index is 309. The molecule has 0 spiro atoms. The van der Waals surface area contributed by atoms with Gasteiger partial charge in [0.25, 0.3) is 0 Å². The maximum atomic E-state index is 13.0. The summed E-state index contributed by atoms with van der Waals surface area (Å²) in [4.78, 5) is 0. The maximum absolute atomic E-state index is 13.0. The van der Waals surface area contributed by atoms with Gasteiger partial charge in [0.2, 0.25) is 0 Å². The van der Waals surface area contributed by atoms with Gasteiger partial charge in [-0.2, -0.15) is 0 Å². The number of benzene rings is 1. The third-order valence-electron chi connectivity index (χ3n) is 2.62. The summed E-state index contributed by atoms with van der Waals surface area (Å²) in [6.45, 7) is 7.51. The molecule has 1 rings (SSSR count). The van der Waals surface area contributed by atoms with E-state index in [9.17, 15) is 4.39 Å². The van der Waals surface area contributed by atoms with Crippen LogP contribution in [0.5, 0.6) is 0 Å². The largest absolute Gasteiger partial charge is 0.314 e. The lowest BCUT2D eigenvalue weighted by molar-refractivity contribution is 0.423. The average Bonchev–Trinajstić information content (AvgIpc) is 2.16. The minimum absolute atomic E-state index is 0.141. The van der Waals surface area contributed by atoms with Crippen LogP contribution in [0.1, 0.15) is 32.8 Å². The molecule has 0 heterocycles. The molecule has 0 saturated carbocycles. The second-order valence-corrected chi connectivity index (χ2v) is 4.72. The van der Waals surface area contributed by atoms with Gasteiger partial charge >= 0.3 is 0 Å². The molecule has 16 heavy (non-hydrogen) atoms. The second-order valence-electron chi connectivity index (χ2n) is 4.72. The first kappa shape index (κ1) is 13.2. The van der Waals surface area contributed by atoms with E-state index in [0.29, 0.717) is 12.0 Å². The minimum Gasteiger partial charge on any atom is -0.314 e. The number of halogens is 1.